The Balaban J connectivity index is 1.26. The van der Waals surface area contributed by atoms with Crippen molar-refractivity contribution in [1.82, 2.24) is 15.1 Å². The second kappa shape index (κ2) is 7.81. The van der Waals surface area contributed by atoms with Crippen LogP contribution in [0.5, 0.6) is 0 Å². The number of urea groups is 1. The Hall–Kier alpha value is -1.78. The number of carbonyl (C=O) groups is 1. The van der Waals surface area contributed by atoms with E-state index in [-0.39, 0.29) is 22.7 Å². The Morgan fingerprint density at radius 3 is 2.90 bits per heavy atom. The molecule has 5 aliphatic heterocycles. The third kappa shape index (κ3) is 3.62. The first kappa shape index (κ1) is 19.2. The van der Waals surface area contributed by atoms with Gasteiger partial charge in [0.2, 0.25) is 5.90 Å². The summed E-state index contributed by atoms with van der Waals surface area (Å²) < 4.78 is 16.5. The molecule has 1 spiro atoms. The van der Waals surface area contributed by atoms with Crippen LogP contribution in [-0.2, 0) is 14.2 Å². The minimum Gasteiger partial charge on any atom is -0.482 e. The third-order valence-electron chi connectivity index (χ3n) is 6.36. The van der Waals surface area contributed by atoms with Gasteiger partial charge in [0.05, 0.1) is 38.4 Å². The van der Waals surface area contributed by atoms with Gasteiger partial charge < -0.3 is 24.0 Å². The molecule has 0 aromatic heterocycles. The maximum absolute atomic E-state index is 12.9. The number of carbonyl (C=O) groups excluding carboxylic acids is 1. The molecule has 5 heterocycles. The fourth-order valence-corrected chi connectivity index (χ4v) is 5.86. The summed E-state index contributed by atoms with van der Waals surface area (Å²) >= 11 is 1.58. The number of likely N-dealkylation sites (tertiary alicyclic amines) is 1. The second-order valence-electron chi connectivity index (χ2n) is 8.15. The Bertz CT molecular complexity index is 758. The zero-order chi connectivity index (χ0) is 19.8. The van der Waals surface area contributed by atoms with Gasteiger partial charge in [-0.3, -0.25) is 5.32 Å². The lowest BCUT2D eigenvalue weighted by atomic mass is 9.87. The summed E-state index contributed by atoms with van der Waals surface area (Å²) in [5, 5.41) is 3.73. The smallest absolute Gasteiger partial charge is 0.323 e. The average Bonchev–Trinajstić information content (AvgIpc) is 3.48. The lowest BCUT2D eigenvalue weighted by molar-refractivity contribution is 0.0520. The molecule has 1 N–H and O–H groups in total. The number of nitrogens with one attached hydrogen (secondary N) is 1. The summed E-state index contributed by atoms with van der Waals surface area (Å²) in [4.78, 5) is 26.3. The lowest BCUT2D eigenvalue weighted by Gasteiger charge is -2.35. The predicted octanol–water partition coefficient (Wildman–Crippen LogP) is 0.881. The van der Waals surface area contributed by atoms with Crippen molar-refractivity contribution in [3.05, 3.63) is 11.9 Å². The third-order valence-corrected chi connectivity index (χ3v) is 7.54. The van der Waals surface area contributed by atoms with E-state index in [0.717, 1.165) is 57.9 Å². The van der Waals surface area contributed by atoms with Crippen LogP contribution >= 0.6 is 11.8 Å². The highest BCUT2D eigenvalue weighted by Crippen LogP contribution is 2.39. The molecule has 0 aromatic rings. The highest BCUT2D eigenvalue weighted by molar-refractivity contribution is 8.14. The van der Waals surface area contributed by atoms with Crippen molar-refractivity contribution >= 4 is 28.9 Å². The Kier molecular flexibility index (Phi) is 5.17. The van der Waals surface area contributed by atoms with Gasteiger partial charge in [-0.25, -0.2) is 14.8 Å². The van der Waals surface area contributed by atoms with Crippen molar-refractivity contribution in [1.29, 1.82) is 0 Å². The molecule has 0 saturated carbocycles. The van der Waals surface area contributed by atoms with E-state index in [1.54, 1.807) is 18.9 Å². The highest BCUT2D eigenvalue weighted by Gasteiger charge is 2.45. The maximum Gasteiger partial charge on any atom is 0.323 e. The zero-order valence-electron chi connectivity index (χ0n) is 16.6. The highest BCUT2D eigenvalue weighted by atomic mass is 32.2. The summed E-state index contributed by atoms with van der Waals surface area (Å²) in [6.45, 7) is 6.20. The van der Waals surface area contributed by atoms with Gasteiger partial charge in [0.15, 0.2) is 5.17 Å². The van der Waals surface area contributed by atoms with Gasteiger partial charge in [-0.2, -0.15) is 0 Å². The molecule has 9 nitrogen and oxygen atoms in total. The second-order valence-corrected chi connectivity index (χ2v) is 9.28. The molecule has 2 amide bonds. The van der Waals surface area contributed by atoms with Gasteiger partial charge >= 0.3 is 6.03 Å². The van der Waals surface area contributed by atoms with Crippen LogP contribution in [0.15, 0.2) is 21.9 Å². The molecule has 3 saturated heterocycles. The Morgan fingerprint density at radius 1 is 1.28 bits per heavy atom. The summed E-state index contributed by atoms with van der Waals surface area (Å²) in [6.07, 6.45) is 3.93. The molecule has 5 rings (SSSR count). The standard InChI is InChI=1S/C19H27N5O4S/c1-26-16-14-15(13(10-20-16)23-5-8-27-9-6-23)29-17(21-14)22-18(25)24-4-2-19(11-24)3-7-28-12-19/h10,14-15H,2-9,11-12H2,1H3,(H,21,22,25). The molecule has 0 aliphatic carbocycles. The number of ether oxygens (including phenoxy) is 3. The first-order valence-electron chi connectivity index (χ1n) is 10.2. The largest absolute Gasteiger partial charge is 0.482 e. The Labute approximate surface area is 174 Å². The van der Waals surface area contributed by atoms with E-state index in [0.29, 0.717) is 24.3 Å². The molecular formula is C19H27N5O4S. The molecule has 3 unspecified atom stereocenters. The molecule has 29 heavy (non-hydrogen) atoms. The summed E-state index contributed by atoms with van der Waals surface area (Å²) in [5.74, 6) is 0.590. The van der Waals surface area contributed by atoms with Crippen LogP contribution in [-0.4, -0.2) is 97.9 Å². The van der Waals surface area contributed by atoms with Crippen molar-refractivity contribution in [2.24, 2.45) is 15.4 Å². The van der Waals surface area contributed by atoms with E-state index in [1.165, 1.54) is 0 Å². The van der Waals surface area contributed by atoms with Crippen LogP contribution < -0.4 is 5.32 Å². The SMILES string of the molecule is COC1=NC=C(N2CCOCC2)C2SC(NC(=O)N3CCC4(CCOC4)C3)=NC12. The topological polar surface area (TPSA) is 88.0 Å². The molecule has 3 fully saturated rings. The number of amidine groups is 1. The van der Waals surface area contributed by atoms with Crippen LogP contribution in [0.2, 0.25) is 0 Å². The van der Waals surface area contributed by atoms with Crippen LogP contribution in [0.25, 0.3) is 0 Å². The average molecular weight is 422 g/mol. The number of methoxy groups -OCH3 is 1. The van der Waals surface area contributed by atoms with E-state index in [1.807, 2.05) is 11.1 Å². The summed E-state index contributed by atoms with van der Waals surface area (Å²) in [6, 6.07) is -0.289. The zero-order valence-corrected chi connectivity index (χ0v) is 17.4. The fraction of sp³-hybridized carbons (Fsp3) is 0.737. The number of aliphatic imine (C=N–C) groups is 2. The molecule has 0 aromatic carbocycles. The van der Waals surface area contributed by atoms with Crippen LogP contribution in [0.3, 0.4) is 0 Å². The summed E-state index contributed by atoms with van der Waals surface area (Å²) in [7, 11) is 1.62. The Morgan fingerprint density at radius 2 is 2.14 bits per heavy atom. The van der Waals surface area contributed by atoms with E-state index in [9.17, 15) is 4.79 Å². The molecule has 0 radical (unpaired) electrons. The van der Waals surface area contributed by atoms with Gasteiger partial charge in [0.1, 0.15) is 6.04 Å². The first-order chi connectivity index (χ1) is 14.2. The molecule has 158 valence electrons. The van der Waals surface area contributed by atoms with E-state index >= 15 is 0 Å². The number of rotatable bonds is 1. The van der Waals surface area contributed by atoms with Gasteiger partial charge in [-0.1, -0.05) is 11.8 Å². The number of hydrogen-bond donors (Lipinski definition) is 1. The van der Waals surface area contributed by atoms with Gasteiger partial charge in [-0.15, -0.1) is 0 Å². The number of thioether (sulfide) groups is 1. The quantitative estimate of drug-likeness (QED) is 0.676. The van der Waals surface area contributed by atoms with E-state index in [4.69, 9.17) is 19.2 Å². The number of nitrogens with zero attached hydrogens (tertiary/aromatic N) is 4. The van der Waals surface area contributed by atoms with Crippen molar-refractivity contribution in [3.8, 4) is 0 Å². The van der Waals surface area contributed by atoms with Crippen molar-refractivity contribution in [2.75, 3.05) is 59.7 Å². The number of amides is 2. The van der Waals surface area contributed by atoms with Crippen molar-refractivity contribution in [3.63, 3.8) is 0 Å². The number of hydrogen-bond acceptors (Lipinski definition) is 8. The molecule has 5 aliphatic rings. The van der Waals surface area contributed by atoms with Crippen molar-refractivity contribution < 1.29 is 19.0 Å². The molecule has 0 bridgehead atoms. The fourth-order valence-electron chi connectivity index (χ4n) is 4.66. The minimum atomic E-state index is -0.212. The number of morpholine rings is 1. The lowest BCUT2D eigenvalue weighted by Crippen LogP contribution is -2.44. The summed E-state index contributed by atoms with van der Waals surface area (Å²) in [5.41, 5.74) is 1.28. The van der Waals surface area contributed by atoms with Crippen molar-refractivity contribution in [2.45, 2.75) is 24.1 Å². The van der Waals surface area contributed by atoms with Crippen LogP contribution in [0.1, 0.15) is 12.8 Å². The maximum atomic E-state index is 12.9. The minimum absolute atomic E-state index is 0.0593. The first-order valence-corrected chi connectivity index (χ1v) is 11.1. The molecular weight excluding hydrogens is 394 g/mol. The molecule has 3 atom stereocenters. The van der Waals surface area contributed by atoms with Gasteiger partial charge in [0, 0.05) is 43.9 Å². The van der Waals surface area contributed by atoms with Crippen LogP contribution in [0, 0.1) is 5.41 Å². The predicted molar refractivity (Wildman–Crippen MR) is 110 cm³/mol. The van der Waals surface area contributed by atoms with Gasteiger partial charge in [-0.05, 0) is 12.8 Å². The van der Waals surface area contributed by atoms with E-state index in [2.05, 4.69) is 15.2 Å². The normalized spacial score (nSPS) is 34.0. The van der Waals surface area contributed by atoms with E-state index < -0.39 is 0 Å². The van der Waals surface area contributed by atoms with Crippen LogP contribution in [0.4, 0.5) is 4.79 Å². The monoisotopic (exact) mass is 421 g/mol. The molecule has 10 heteroatoms. The van der Waals surface area contributed by atoms with Gasteiger partial charge in [0.25, 0.3) is 0 Å². The number of fused-ring (bicyclic) bond motifs is 1.